The third-order valence-corrected chi connectivity index (χ3v) is 6.90. The number of carboxylic acids is 1. The molecule has 0 saturated carbocycles. The molecule has 10 heteroatoms. The van der Waals surface area contributed by atoms with Gasteiger partial charge in [0.1, 0.15) is 21.3 Å². The topological polar surface area (TPSA) is 110 Å². The Labute approximate surface area is 213 Å². The van der Waals surface area contributed by atoms with Crippen molar-refractivity contribution in [3.8, 4) is 11.5 Å². The third kappa shape index (κ3) is 7.45. The summed E-state index contributed by atoms with van der Waals surface area (Å²) in [7, 11) is -3.23. The summed E-state index contributed by atoms with van der Waals surface area (Å²) in [6.07, 6.45) is 1.31. The predicted molar refractivity (Wildman–Crippen MR) is 137 cm³/mol. The summed E-state index contributed by atoms with van der Waals surface area (Å²) in [4.78, 5) is 23.8. The first-order valence-corrected chi connectivity index (χ1v) is 13.3. The Bertz CT molecular complexity index is 1360. The highest BCUT2D eigenvalue weighted by molar-refractivity contribution is 7.90. The highest BCUT2D eigenvalue weighted by atomic mass is 35.5. The number of carboxylic acid groups (broad SMARTS) is 1. The Morgan fingerprint density at radius 2 is 1.69 bits per heavy atom. The van der Waals surface area contributed by atoms with Gasteiger partial charge in [-0.2, -0.15) is 0 Å². The molecule has 0 spiro atoms. The minimum atomic E-state index is -3.23. The van der Waals surface area contributed by atoms with E-state index in [1.54, 1.807) is 61.5 Å². The number of benzene rings is 3. The van der Waals surface area contributed by atoms with Crippen LogP contribution in [0.4, 0.5) is 5.69 Å². The van der Waals surface area contributed by atoms with Gasteiger partial charge >= 0.3 is 5.97 Å². The molecule has 2 N–H and O–H groups in total. The molecule has 0 aliphatic rings. The van der Waals surface area contributed by atoms with Crippen molar-refractivity contribution >= 4 is 50.6 Å². The molecule has 35 heavy (non-hydrogen) atoms. The predicted octanol–water partition coefficient (Wildman–Crippen LogP) is 5.81. The highest BCUT2D eigenvalue weighted by Crippen LogP contribution is 2.30. The SMILES string of the molecule is CC(C(=O)O)c1ccc(Oc2ccc(NC(=O)c3ccc(Cl)c(Cl)c3)cc2)c(CCS(C)(=O)=O)c1. The molecule has 1 unspecified atom stereocenters. The van der Waals surface area contributed by atoms with Crippen molar-refractivity contribution in [3.63, 3.8) is 0 Å². The van der Waals surface area contributed by atoms with Gasteiger partial charge in [0.15, 0.2) is 0 Å². The van der Waals surface area contributed by atoms with Crippen LogP contribution in [-0.4, -0.2) is 37.4 Å². The normalized spacial score (nSPS) is 12.1. The van der Waals surface area contributed by atoms with Crippen LogP contribution in [0.15, 0.2) is 60.7 Å². The molecule has 0 radical (unpaired) electrons. The quantitative estimate of drug-likeness (QED) is 0.357. The maximum Gasteiger partial charge on any atom is 0.310 e. The molecule has 3 rings (SSSR count). The van der Waals surface area contributed by atoms with Crippen LogP contribution in [0.1, 0.15) is 34.3 Å². The number of aryl methyl sites for hydroxylation is 1. The zero-order valence-corrected chi connectivity index (χ0v) is 21.2. The number of nitrogens with one attached hydrogen (secondary N) is 1. The summed E-state index contributed by atoms with van der Waals surface area (Å²) in [5.74, 6) is -1.32. The van der Waals surface area contributed by atoms with Crippen molar-refractivity contribution in [1.82, 2.24) is 0 Å². The van der Waals surface area contributed by atoms with E-state index >= 15 is 0 Å². The van der Waals surface area contributed by atoms with E-state index in [1.165, 1.54) is 6.07 Å². The molecule has 0 saturated heterocycles. The van der Waals surface area contributed by atoms with Crippen LogP contribution in [0.5, 0.6) is 11.5 Å². The summed E-state index contributed by atoms with van der Waals surface area (Å²) in [6, 6.07) is 16.1. The Balaban J connectivity index is 1.77. The lowest BCUT2D eigenvalue weighted by molar-refractivity contribution is -0.138. The smallest absolute Gasteiger partial charge is 0.310 e. The number of hydrogen-bond acceptors (Lipinski definition) is 5. The molecule has 0 bridgehead atoms. The van der Waals surface area contributed by atoms with Gasteiger partial charge in [-0.3, -0.25) is 9.59 Å². The molecule has 0 aliphatic heterocycles. The van der Waals surface area contributed by atoms with Gasteiger partial charge in [-0.15, -0.1) is 0 Å². The second-order valence-corrected chi connectivity index (χ2v) is 11.1. The van der Waals surface area contributed by atoms with E-state index in [2.05, 4.69) is 5.32 Å². The number of rotatable bonds is 9. The Morgan fingerprint density at radius 3 is 2.29 bits per heavy atom. The third-order valence-electron chi connectivity index (χ3n) is 5.22. The Kier molecular flexibility index (Phi) is 8.43. The van der Waals surface area contributed by atoms with Crippen molar-refractivity contribution < 1.29 is 27.9 Å². The van der Waals surface area contributed by atoms with Crippen molar-refractivity contribution in [3.05, 3.63) is 87.4 Å². The molecule has 3 aromatic rings. The Morgan fingerprint density at radius 1 is 1.00 bits per heavy atom. The number of ether oxygens (including phenoxy) is 1. The van der Waals surface area contributed by atoms with Crippen molar-refractivity contribution in [2.45, 2.75) is 19.3 Å². The van der Waals surface area contributed by atoms with Gasteiger partial charge in [0.2, 0.25) is 0 Å². The van der Waals surface area contributed by atoms with Gasteiger partial charge in [-0.25, -0.2) is 8.42 Å². The molecule has 0 heterocycles. The van der Waals surface area contributed by atoms with Crippen molar-refractivity contribution in [2.75, 3.05) is 17.3 Å². The minimum Gasteiger partial charge on any atom is -0.481 e. The van der Waals surface area contributed by atoms with Crippen LogP contribution in [0, 0.1) is 0 Å². The van der Waals surface area contributed by atoms with E-state index < -0.39 is 21.7 Å². The van der Waals surface area contributed by atoms with Gasteiger partial charge < -0.3 is 15.2 Å². The maximum atomic E-state index is 12.5. The summed E-state index contributed by atoms with van der Waals surface area (Å²) >= 11 is 11.9. The molecule has 1 atom stereocenters. The number of hydrogen-bond donors (Lipinski definition) is 2. The van der Waals surface area contributed by atoms with E-state index in [9.17, 15) is 23.1 Å². The van der Waals surface area contributed by atoms with Crippen molar-refractivity contribution in [2.24, 2.45) is 0 Å². The fraction of sp³-hybridized carbons (Fsp3) is 0.200. The van der Waals surface area contributed by atoms with Gasteiger partial charge in [-0.05, 0) is 73.0 Å². The number of aliphatic carboxylic acids is 1. The Hall–Kier alpha value is -3.07. The van der Waals surface area contributed by atoms with Gasteiger partial charge in [0.25, 0.3) is 5.91 Å². The molecule has 0 aromatic heterocycles. The fourth-order valence-electron chi connectivity index (χ4n) is 3.18. The van der Waals surface area contributed by atoms with Gasteiger partial charge in [-0.1, -0.05) is 35.3 Å². The number of sulfone groups is 1. The van der Waals surface area contributed by atoms with Crippen LogP contribution in [-0.2, 0) is 21.1 Å². The van der Waals surface area contributed by atoms with Crippen LogP contribution < -0.4 is 10.1 Å². The average Bonchev–Trinajstić information content (AvgIpc) is 2.80. The molecule has 0 aliphatic carbocycles. The highest BCUT2D eigenvalue weighted by Gasteiger charge is 2.17. The monoisotopic (exact) mass is 535 g/mol. The number of carbonyl (C=O) groups excluding carboxylic acids is 1. The van der Waals surface area contributed by atoms with E-state index in [-0.39, 0.29) is 23.1 Å². The van der Waals surface area contributed by atoms with Gasteiger partial charge in [0.05, 0.1) is 21.7 Å². The lowest BCUT2D eigenvalue weighted by atomic mass is 9.98. The van der Waals surface area contributed by atoms with Crippen LogP contribution >= 0.6 is 23.2 Å². The zero-order chi connectivity index (χ0) is 25.8. The maximum absolute atomic E-state index is 12.5. The zero-order valence-electron chi connectivity index (χ0n) is 18.9. The second-order valence-electron chi connectivity index (χ2n) is 8.02. The molecule has 184 valence electrons. The number of anilines is 1. The first kappa shape index (κ1) is 26.5. The molecule has 0 fully saturated rings. The minimum absolute atomic E-state index is 0.103. The largest absolute Gasteiger partial charge is 0.481 e. The number of amides is 1. The first-order chi connectivity index (χ1) is 16.4. The van der Waals surface area contributed by atoms with E-state index in [0.29, 0.717) is 38.9 Å². The molecule has 1 amide bonds. The number of halogens is 2. The average molecular weight is 536 g/mol. The van der Waals surface area contributed by atoms with Crippen LogP contribution in [0.2, 0.25) is 10.0 Å². The number of carbonyl (C=O) groups is 2. The standard InChI is InChI=1S/C25H23Cl2NO6S/c1-15(25(30)31)16-4-10-23(17(13-16)11-12-35(2,32)33)34-20-7-5-19(6-8-20)28-24(29)18-3-9-21(26)22(27)14-18/h3-10,13-15H,11-12H2,1-2H3,(H,28,29)(H,30,31). The first-order valence-electron chi connectivity index (χ1n) is 10.5. The lowest BCUT2D eigenvalue weighted by Gasteiger charge is -2.15. The molecule has 7 nitrogen and oxygen atoms in total. The van der Waals surface area contributed by atoms with Crippen LogP contribution in [0.3, 0.4) is 0 Å². The lowest BCUT2D eigenvalue weighted by Crippen LogP contribution is -2.11. The van der Waals surface area contributed by atoms with Crippen molar-refractivity contribution in [1.29, 1.82) is 0 Å². The van der Waals surface area contributed by atoms with E-state index in [0.717, 1.165) is 6.26 Å². The van der Waals surface area contributed by atoms with E-state index in [1.807, 2.05) is 0 Å². The fourth-order valence-corrected chi connectivity index (χ4v) is 4.06. The van der Waals surface area contributed by atoms with Gasteiger partial charge in [0, 0.05) is 17.5 Å². The summed E-state index contributed by atoms with van der Waals surface area (Å²) in [6.45, 7) is 1.56. The van der Waals surface area contributed by atoms with E-state index in [4.69, 9.17) is 27.9 Å². The molecular weight excluding hydrogens is 513 g/mol. The summed E-state index contributed by atoms with van der Waals surface area (Å²) < 4.78 is 29.3. The summed E-state index contributed by atoms with van der Waals surface area (Å²) in [5, 5.41) is 12.7. The molecule has 3 aromatic carbocycles. The summed E-state index contributed by atoms with van der Waals surface area (Å²) in [5.41, 5.74) is 2.01. The van der Waals surface area contributed by atoms with Crippen LogP contribution in [0.25, 0.3) is 0 Å². The molecular formula is C25H23Cl2NO6S. The second kappa shape index (κ2) is 11.1.